The predicted octanol–water partition coefficient (Wildman–Crippen LogP) is 3.70. The van der Waals surface area contributed by atoms with Gasteiger partial charge in [0.2, 0.25) is 0 Å². The van der Waals surface area contributed by atoms with Crippen LogP contribution in [0.4, 0.5) is 0 Å². The molecule has 1 fully saturated rings. The third kappa shape index (κ3) is 2.72. The van der Waals surface area contributed by atoms with E-state index in [2.05, 4.69) is 12.1 Å². The summed E-state index contributed by atoms with van der Waals surface area (Å²) < 4.78 is 0. The molecule has 0 spiro atoms. The number of nitrogens with zero attached hydrogens (tertiary/aromatic N) is 2. The lowest BCUT2D eigenvalue weighted by molar-refractivity contribution is -0.142. The van der Waals surface area contributed by atoms with Gasteiger partial charge in [-0.3, -0.25) is 19.3 Å². The Morgan fingerprint density at radius 3 is 2.37 bits per heavy atom. The first-order valence-electron chi connectivity index (χ1n) is 10.8. The van der Waals surface area contributed by atoms with E-state index in [1.54, 1.807) is 9.80 Å². The van der Waals surface area contributed by atoms with Crippen molar-refractivity contribution >= 4 is 34.1 Å². The number of hydrogen-bond donors (Lipinski definition) is 0. The molecule has 5 rings (SSSR count). The van der Waals surface area contributed by atoms with Crippen LogP contribution in [0.1, 0.15) is 50.7 Å². The minimum Gasteiger partial charge on any atom is -0.338 e. The second kappa shape index (κ2) is 6.79. The zero-order valence-electron chi connectivity index (χ0n) is 17.5. The summed E-state index contributed by atoms with van der Waals surface area (Å²) in [6.45, 7) is 5.24. The average Bonchev–Trinajstić information content (AvgIpc) is 2.90. The van der Waals surface area contributed by atoms with E-state index in [1.165, 1.54) is 0 Å². The van der Waals surface area contributed by atoms with Crippen LogP contribution in [0.15, 0.2) is 42.0 Å². The summed E-state index contributed by atoms with van der Waals surface area (Å²) in [5.74, 6) is -1.52. The summed E-state index contributed by atoms with van der Waals surface area (Å²) in [5, 5.41) is 2.24. The van der Waals surface area contributed by atoms with Crippen molar-refractivity contribution in [1.82, 2.24) is 9.80 Å². The first-order valence-corrected chi connectivity index (χ1v) is 10.8. The van der Waals surface area contributed by atoms with Gasteiger partial charge in [0.25, 0.3) is 17.6 Å². The Labute approximate surface area is 176 Å². The Hall–Kier alpha value is -2.95. The van der Waals surface area contributed by atoms with E-state index in [1.807, 2.05) is 38.1 Å². The van der Waals surface area contributed by atoms with Crippen molar-refractivity contribution in [3.05, 3.63) is 53.1 Å². The third-order valence-electron chi connectivity index (χ3n) is 6.70. The van der Waals surface area contributed by atoms with Crippen LogP contribution in [0.25, 0.3) is 16.5 Å². The summed E-state index contributed by atoms with van der Waals surface area (Å²) >= 11 is 0. The lowest BCUT2D eigenvalue weighted by atomic mass is 9.81. The van der Waals surface area contributed by atoms with Gasteiger partial charge in [-0.05, 0) is 49.4 Å². The maximum atomic E-state index is 13.5. The van der Waals surface area contributed by atoms with Crippen molar-refractivity contribution < 1.29 is 14.4 Å². The van der Waals surface area contributed by atoms with Gasteiger partial charge >= 0.3 is 0 Å². The molecule has 30 heavy (non-hydrogen) atoms. The van der Waals surface area contributed by atoms with Gasteiger partial charge in [0.05, 0.1) is 5.70 Å². The number of carbonyl (C=O) groups excluding carboxylic acids is 3. The maximum absolute atomic E-state index is 13.5. The minimum absolute atomic E-state index is 0.0613. The van der Waals surface area contributed by atoms with Crippen molar-refractivity contribution in [1.29, 1.82) is 0 Å². The molecule has 5 heteroatoms. The number of benzene rings is 2. The van der Waals surface area contributed by atoms with E-state index in [9.17, 15) is 14.4 Å². The smallest absolute Gasteiger partial charge is 0.300 e. The van der Waals surface area contributed by atoms with E-state index in [-0.39, 0.29) is 11.5 Å². The highest BCUT2D eigenvalue weighted by atomic mass is 16.2. The third-order valence-corrected chi connectivity index (χ3v) is 6.70. The fourth-order valence-electron chi connectivity index (χ4n) is 5.25. The quantitative estimate of drug-likeness (QED) is 0.540. The molecule has 0 saturated carbocycles. The summed E-state index contributed by atoms with van der Waals surface area (Å²) in [4.78, 5) is 43.0. The molecule has 0 aromatic heterocycles. The molecule has 1 saturated heterocycles. The molecular weight excluding hydrogens is 376 g/mol. The highest BCUT2D eigenvalue weighted by Crippen LogP contribution is 2.46. The van der Waals surface area contributed by atoms with Gasteiger partial charge in [-0.2, -0.15) is 0 Å². The molecule has 5 nitrogen and oxygen atoms in total. The Bertz CT molecular complexity index is 1120. The molecule has 0 N–H and O–H groups in total. The average molecular weight is 402 g/mol. The fourth-order valence-corrected chi connectivity index (χ4v) is 5.25. The number of Topliss-reactive ketones (excluding diaryl/α,β-unsaturated/α-hetero) is 1. The summed E-state index contributed by atoms with van der Waals surface area (Å²) in [7, 11) is 0. The Morgan fingerprint density at radius 2 is 1.63 bits per heavy atom. The van der Waals surface area contributed by atoms with Crippen LogP contribution in [0.3, 0.4) is 0 Å². The van der Waals surface area contributed by atoms with E-state index in [0.29, 0.717) is 25.2 Å². The molecule has 2 aromatic rings. The number of likely N-dealkylation sites (tertiary alicyclic amines) is 1. The van der Waals surface area contributed by atoms with Gasteiger partial charge in [-0.15, -0.1) is 0 Å². The molecule has 0 atom stereocenters. The number of carbonyl (C=O) groups is 3. The first kappa shape index (κ1) is 19.0. The lowest BCUT2D eigenvalue weighted by Crippen LogP contribution is -2.49. The van der Waals surface area contributed by atoms with Gasteiger partial charge in [-0.25, -0.2) is 0 Å². The maximum Gasteiger partial charge on any atom is 0.300 e. The van der Waals surface area contributed by atoms with Gasteiger partial charge in [0.15, 0.2) is 0 Å². The van der Waals surface area contributed by atoms with Crippen LogP contribution in [0, 0.1) is 0 Å². The molecule has 2 aromatic carbocycles. The molecular formula is C25H26N2O3. The highest BCUT2D eigenvalue weighted by Gasteiger charge is 2.51. The molecule has 154 valence electrons. The Kier molecular flexibility index (Phi) is 4.31. The van der Waals surface area contributed by atoms with Gasteiger partial charge in [-0.1, -0.05) is 49.2 Å². The van der Waals surface area contributed by atoms with Gasteiger partial charge in [0.1, 0.15) is 5.57 Å². The Balaban J connectivity index is 1.75. The zero-order valence-corrected chi connectivity index (χ0v) is 17.5. The van der Waals surface area contributed by atoms with Gasteiger partial charge < -0.3 is 4.90 Å². The van der Waals surface area contributed by atoms with Crippen molar-refractivity contribution in [3.63, 3.8) is 0 Å². The van der Waals surface area contributed by atoms with Crippen LogP contribution in [0.5, 0.6) is 0 Å². The number of amides is 2. The number of ketones is 1. The van der Waals surface area contributed by atoms with E-state index >= 15 is 0 Å². The molecule has 0 bridgehead atoms. The molecule has 3 aliphatic heterocycles. The molecule has 3 heterocycles. The van der Waals surface area contributed by atoms with E-state index in [4.69, 9.17) is 0 Å². The normalized spacial score (nSPS) is 21.0. The summed E-state index contributed by atoms with van der Waals surface area (Å²) in [6.07, 6.45) is 4.70. The van der Waals surface area contributed by atoms with Crippen LogP contribution >= 0.6 is 0 Å². The monoisotopic (exact) mass is 402 g/mol. The fraction of sp³-hybridized carbons (Fsp3) is 0.400. The second-order valence-electron chi connectivity index (χ2n) is 9.20. The number of hydrogen-bond acceptors (Lipinski definition) is 3. The lowest BCUT2D eigenvalue weighted by Gasteiger charge is -2.42. The highest BCUT2D eigenvalue weighted by molar-refractivity contribution is 6.55. The van der Waals surface area contributed by atoms with Crippen LogP contribution < -0.4 is 0 Å². The van der Waals surface area contributed by atoms with Crippen molar-refractivity contribution in [2.75, 3.05) is 13.1 Å². The standard InChI is InChI=1S/C25H26N2O3/c1-25(2)15-19-17-10-6-5-9-16(17)11-12-18(19)21-20(22(28)24(30)27(21)25)23(29)26-13-7-3-4-8-14-26/h5-6,9-12H,3-4,7-8,13-15H2,1-2H3. The van der Waals surface area contributed by atoms with Crippen molar-refractivity contribution in [2.24, 2.45) is 0 Å². The molecule has 2 amide bonds. The number of fused-ring (bicyclic) bond motifs is 5. The van der Waals surface area contributed by atoms with Crippen molar-refractivity contribution in [3.8, 4) is 0 Å². The molecule has 3 aliphatic rings. The van der Waals surface area contributed by atoms with E-state index in [0.717, 1.165) is 47.6 Å². The largest absolute Gasteiger partial charge is 0.338 e. The number of rotatable bonds is 1. The van der Waals surface area contributed by atoms with Crippen LogP contribution in [-0.2, 0) is 20.8 Å². The topological polar surface area (TPSA) is 57.7 Å². The van der Waals surface area contributed by atoms with Crippen molar-refractivity contribution in [2.45, 2.75) is 51.5 Å². The molecule has 0 unspecified atom stereocenters. The summed E-state index contributed by atoms with van der Waals surface area (Å²) in [5.41, 5.74) is 1.93. The molecule has 0 radical (unpaired) electrons. The van der Waals surface area contributed by atoms with Crippen LogP contribution in [-0.4, -0.2) is 46.0 Å². The van der Waals surface area contributed by atoms with Crippen LogP contribution in [0.2, 0.25) is 0 Å². The van der Waals surface area contributed by atoms with Gasteiger partial charge in [0, 0.05) is 24.2 Å². The van der Waals surface area contributed by atoms with E-state index < -0.39 is 17.2 Å². The first-order chi connectivity index (χ1) is 14.4. The predicted molar refractivity (Wildman–Crippen MR) is 116 cm³/mol. The minimum atomic E-state index is -0.659. The second-order valence-corrected chi connectivity index (χ2v) is 9.20. The Morgan fingerprint density at radius 1 is 0.933 bits per heavy atom. The zero-order chi connectivity index (χ0) is 21.0. The summed E-state index contributed by atoms with van der Waals surface area (Å²) in [6, 6.07) is 12.1. The SMILES string of the molecule is CC1(C)Cc2c(ccc3ccccc23)C2=C(C(=O)N3CCCCCC3)C(=O)C(=O)N21. The molecule has 0 aliphatic carbocycles.